The second-order valence-corrected chi connectivity index (χ2v) is 16.9. The van der Waals surface area contributed by atoms with Crippen molar-refractivity contribution in [1.29, 1.82) is 0 Å². The molecule has 0 N–H and O–H groups in total. The van der Waals surface area contributed by atoms with Crippen molar-refractivity contribution >= 4 is 49.6 Å². The van der Waals surface area contributed by atoms with E-state index in [1.165, 1.54) is 71.5 Å². The third-order valence-corrected chi connectivity index (χ3v) is 13.0. The second kappa shape index (κ2) is 16.8. The maximum absolute atomic E-state index is 2.43. The molecule has 0 amide bonds. The first kappa shape index (κ1) is 38.9. The highest BCUT2D eigenvalue weighted by molar-refractivity contribution is 6.10. The summed E-state index contributed by atoms with van der Waals surface area (Å²) >= 11 is 0. The van der Waals surface area contributed by atoms with Gasteiger partial charge in [0.25, 0.3) is 0 Å². The normalized spacial score (nSPS) is 11.3. The number of fused-ring (bicyclic) bond motifs is 4. The van der Waals surface area contributed by atoms with Gasteiger partial charge >= 0.3 is 0 Å². The zero-order valence-corrected chi connectivity index (χ0v) is 36.3. The van der Waals surface area contributed by atoms with Crippen molar-refractivity contribution in [2.45, 2.75) is 0 Å². The average Bonchev–Trinajstić information content (AvgIpc) is 3.74. The fourth-order valence-electron chi connectivity index (χ4n) is 9.73. The van der Waals surface area contributed by atoms with Crippen LogP contribution in [0.15, 0.2) is 267 Å². The molecule has 310 valence electrons. The first-order valence-electron chi connectivity index (χ1n) is 22.7. The van der Waals surface area contributed by atoms with E-state index in [0.29, 0.717) is 0 Å². The molecule has 0 aliphatic heterocycles. The van der Waals surface area contributed by atoms with Crippen LogP contribution >= 0.6 is 0 Å². The first-order valence-corrected chi connectivity index (χ1v) is 22.7. The van der Waals surface area contributed by atoms with Crippen molar-refractivity contribution < 1.29 is 0 Å². The minimum atomic E-state index is 1.08. The van der Waals surface area contributed by atoms with E-state index >= 15 is 0 Å². The lowest BCUT2D eigenvalue weighted by Gasteiger charge is -2.29. The standard InChI is InChI=1S/C64H44N2/c1-3-15-45(16-4-1)48-33-38-55(39-34-48)65(56-40-35-49(36-41-56)47-27-29-50(30-28-47)53-32-31-46-17-7-8-20-52(46)43-53)64-42-37-54(44-60(64)51-18-5-2-6-19-51)57-21-9-12-24-61(57)66-62-25-13-10-22-58(62)59-23-11-14-26-63(59)66/h1-44H. The third-order valence-electron chi connectivity index (χ3n) is 13.0. The molecule has 0 fully saturated rings. The molecule has 0 spiro atoms. The van der Waals surface area contributed by atoms with Crippen molar-refractivity contribution in [3.63, 3.8) is 0 Å². The van der Waals surface area contributed by atoms with Gasteiger partial charge in [-0.1, -0.05) is 206 Å². The maximum atomic E-state index is 2.43. The Labute approximate surface area is 385 Å². The van der Waals surface area contributed by atoms with Crippen molar-refractivity contribution in [2.24, 2.45) is 0 Å². The Morgan fingerprint density at radius 1 is 0.258 bits per heavy atom. The molecule has 0 bridgehead atoms. The van der Waals surface area contributed by atoms with Gasteiger partial charge in [-0.2, -0.15) is 0 Å². The third kappa shape index (κ3) is 7.12. The van der Waals surface area contributed by atoms with Crippen LogP contribution in [0.5, 0.6) is 0 Å². The number of para-hydroxylation sites is 3. The van der Waals surface area contributed by atoms with Crippen LogP contribution in [0, 0.1) is 0 Å². The van der Waals surface area contributed by atoms with Gasteiger partial charge in [0.15, 0.2) is 0 Å². The number of nitrogens with zero attached hydrogens (tertiary/aromatic N) is 2. The van der Waals surface area contributed by atoms with E-state index in [0.717, 1.165) is 39.4 Å². The Hall–Kier alpha value is -8.72. The molecule has 0 saturated carbocycles. The van der Waals surface area contributed by atoms with E-state index in [2.05, 4.69) is 276 Å². The van der Waals surface area contributed by atoms with Crippen LogP contribution < -0.4 is 4.90 Å². The number of hydrogen-bond donors (Lipinski definition) is 0. The smallest absolute Gasteiger partial charge is 0.0541 e. The van der Waals surface area contributed by atoms with E-state index < -0.39 is 0 Å². The zero-order valence-electron chi connectivity index (χ0n) is 36.3. The summed E-state index contributed by atoms with van der Waals surface area (Å²) in [5, 5.41) is 5.01. The lowest BCUT2D eigenvalue weighted by molar-refractivity contribution is 1.18. The maximum Gasteiger partial charge on any atom is 0.0541 e. The summed E-state index contributed by atoms with van der Waals surface area (Å²) in [5.74, 6) is 0. The molecule has 1 aromatic heterocycles. The van der Waals surface area contributed by atoms with E-state index in [4.69, 9.17) is 0 Å². The predicted octanol–water partition coefficient (Wildman–Crippen LogP) is 17.7. The lowest BCUT2D eigenvalue weighted by Crippen LogP contribution is -2.11. The molecule has 2 heteroatoms. The van der Waals surface area contributed by atoms with Crippen LogP contribution in [0.2, 0.25) is 0 Å². The summed E-state index contributed by atoms with van der Waals surface area (Å²) in [6.07, 6.45) is 0. The molecule has 0 radical (unpaired) electrons. The molecule has 0 saturated heterocycles. The van der Waals surface area contributed by atoms with Crippen LogP contribution in [0.3, 0.4) is 0 Å². The monoisotopic (exact) mass is 840 g/mol. The Morgan fingerprint density at radius 3 is 1.32 bits per heavy atom. The Balaban J connectivity index is 0.976. The molecule has 0 unspecified atom stereocenters. The number of hydrogen-bond acceptors (Lipinski definition) is 1. The van der Waals surface area contributed by atoms with Gasteiger partial charge in [-0.3, -0.25) is 0 Å². The Bertz CT molecular complexity index is 3610. The Kier molecular flexibility index (Phi) is 9.89. The summed E-state index contributed by atoms with van der Waals surface area (Å²) in [7, 11) is 0. The van der Waals surface area contributed by atoms with Gasteiger partial charge in [0.1, 0.15) is 0 Å². The number of anilines is 3. The Morgan fingerprint density at radius 2 is 0.697 bits per heavy atom. The summed E-state index contributed by atoms with van der Waals surface area (Å²) in [4.78, 5) is 2.41. The molecule has 11 aromatic carbocycles. The molecule has 2 nitrogen and oxygen atoms in total. The van der Waals surface area contributed by atoms with E-state index in [-0.39, 0.29) is 0 Å². The van der Waals surface area contributed by atoms with Gasteiger partial charge in [-0.05, 0) is 116 Å². The number of benzene rings is 11. The molecule has 0 atom stereocenters. The van der Waals surface area contributed by atoms with Gasteiger partial charge < -0.3 is 9.47 Å². The van der Waals surface area contributed by atoms with Gasteiger partial charge in [0.05, 0.1) is 22.4 Å². The van der Waals surface area contributed by atoms with E-state index in [1.807, 2.05) is 0 Å². The summed E-state index contributed by atoms with van der Waals surface area (Å²) in [5.41, 5.74) is 18.6. The highest BCUT2D eigenvalue weighted by Gasteiger charge is 2.21. The minimum absolute atomic E-state index is 1.08. The quantitative estimate of drug-likeness (QED) is 0.141. The molecular weight excluding hydrogens is 797 g/mol. The fourth-order valence-corrected chi connectivity index (χ4v) is 9.73. The van der Waals surface area contributed by atoms with Crippen LogP contribution in [0.1, 0.15) is 0 Å². The van der Waals surface area contributed by atoms with Crippen LogP contribution in [0.4, 0.5) is 17.1 Å². The molecular formula is C64H44N2. The number of rotatable bonds is 9. The lowest BCUT2D eigenvalue weighted by atomic mass is 9.95. The zero-order chi connectivity index (χ0) is 43.8. The predicted molar refractivity (Wildman–Crippen MR) is 280 cm³/mol. The molecule has 12 aromatic rings. The summed E-state index contributed by atoms with van der Waals surface area (Å²) in [6.45, 7) is 0. The number of aromatic nitrogens is 1. The SMILES string of the molecule is c1ccc(-c2ccc(N(c3ccc(-c4ccc(-c5ccc6ccccc6c5)cc4)cc3)c3ccc(-c4ccccc4-n4c5ccccc5c5ccccc54)cc3-c3ccccc3)cc2)cc1. The fraction of sp³-hybridized carbons (Fsp3) is 0. The summed E-state index contributed by atoms with van der Waals surface area (Å²) in [6, 6.07) is 96.9. The molecule has 66 heavy (non-hydrogen) atoms. The van der Waals surface area contributed by atoms with Crippen molar-refractivity contribution in [3.8, 4) is 61.3 Å². The van der Waals surface area contributed by atoms with Gasteiger partial charge in [0.2, 0.25) is 0 Å². The molecule has 12 rings (SSSR count). The molecule has 0 aliphatic carbocycles. The topological polar surface area (TPSA) is 8.17 Å². The van der Waals surface area contributed by atoms with Gasteiger partial charge in [0, 0.05) is 33.3 Å². The van der Waals surface area contributed by atoms with Crippen molar-refractivity contribution in [3.05, 3.63) is 267 Å². The van der Waals surface area contributed by atoms with Crippen LogP contribution in [-0.2, 0) is 0 Å². The first-order chi connectivity index (χ1) is 32.7. The van der Waals surface area contributed by atoms with Crippen LogP contribution in [0.25, 0.3) is 93.9 Å². The van der Waals surface area contributed by atoms with Gasteiger partial charge in [-0.25, -0.2) is 0 Å². The van der Waals surface area contributed by atoms with Crippen molar-refractivity contribution in [1.82, 2.24) is 4.57 Å². The van der Waals surface area contributed by atoms with E-state index in [9.17, 15) is 0 Å². The van der Waals surface area contributed by atoms with Crippen LogP contribution in [-0.4, -0.2) is 4.57 Å². The molecule has 1 heterocycles. The minimum Gasteiger partial charge on any atom is -0.310 e. The molecule has 0 aliphatic rings. The summed E-state index contributed by atoms with van der Waals surface area (Å²) < 4.78 is 2.43. The highest BCUT2D eigenvalue weighted by Crippen LogP contribution is 2.45. The average molecular weight is 841 g/mol. The van der Waals surface area contributed by atoms with Crippen molar-refractivity contribution in [2.75, 3.05) is 4.90 Å². The largest absolute Gasteiger partial charge is 0.310 e. The van der Waals surface area contributed by atoms with Gasteiger partial charge in [-0.15, -0.1) is 0 Å². The van der Waals surface area contributed by atoms with E-state index in [1.54, 1.807) is 0 Å². The highest BCUT2D eigenvalue weighted by atomic mass is 15.1. The second-order valence-electron chi connectivity index (χ2n) is 16.9.